The van der Waals surface area contributed by atoms with Crippen molar-refractivity contribution in [2.24, 2.45) is 0 Å². The average Bonchev–Trinajstić information content (AvgIpc) is 3.12. The van der Waals surface area contributed by atoms with Crippen LogP contribution in [0.1, 0.15) is 59.3 Å². The Bertz CT molecular complexity index is 1690. The lowest BCUT2D eigenvalue weighted by atomic mass is 10.1. The molecule has 1 atom stereocenters. The Morgan fingerprint density at radius 1 is 0.808 bits per heavy atom. The Kier molecular flexibility index (Phi) is 18.3. The molecule has 0 saturated carbocycles. The van der Waals surface area contributed by atoms with Gasteiger partial charge in [0.05, 0.1) is 38.1 Å². The van der Waals surface area contributed by atoms with Crippen LogP contribution in [0.25, 0.3) is 0 Å². The standard InChI is InChI=1S/C36H43N5O7.C2H4O2/c42-24-29-20-27(12-13-33(29)43)34(44)23-38-14-2-1-3-16-47-17-18-48-25-26-7-4-9-30(19-26)40-36(46)41-32-11-5-10-31(21-32)39-35(45)28-8-6-15-37-22-28;1-2(3)4/h4-13,15,19-22,34,38,42-44H,1-3,14,16-18,23-25H2,(H,39,45)(H2,40,41,46);1H3,(H,3,4)/t34-;/m0./s1. The van der Waals surface area contributed by atoms with E-state index in [1.165, 1.54) is 12.3 Å². The number of aromatic hydroxyl groups is 1. The van der Waals surface area contributed by atoms with Gasteiger partial charge in [-0.1, -0.05) is 24.3 Å². The van der Waals surface area contributed by atoms with Gasteiger partial charge in [-0.2, -0.15) is 0 Å². The molecule has 0 aliphatic heterocycles. The minimum Gasteiger partial charge on any atom is -0.508 e. The molecule has 0 unspecified atom stereocenters. The molecule has 0 saturated heterocycles. The third-order valence-electron chi connectivity index (χ3n) is 7.27. The summed E-state index contributed by atoms with van der Waals surface area (Å²) in [4.78, 5) is 38.0. The summed E-state index contributed by atoms with van der Waals surface area (Å²) in [6.45, 7) is 3.90. The number of carboxylic acid groups (broad SMARTS) is 1. The molecule has 1 heterocycles. The largest absolute Gasteiger partial charge is 0.508 e. The van der Waals surface area contributed by atoms with Crippen molar-refractivity contribution in [2.75, 3.05) is 48.9 Å². The molecule has 3 amide bonds. The number of benzene rings is 3. The van der Waals surface area contributed by atoms with Crippen LogP contribution < -0.4 is 21.3 Å². The van der Waals surface area contributed by atoms with E-state index in [1.54, 1.807) is 60.8 Å². The van der Waals surface area contributed by atoms with E-state index < -0.39 is 18.1 Å². The number of carbonyl (C=O) groups is 3. The molecule has 14 heteroatoms. The minimum absolute atomic E-state index is 0.0179. The first-order valence-corrected chi connectivity index (χ1v) is 16.8. The molecule has 0 radical (unpaired) electrons. The van der Waals surface area contributed by atoms with Crippen molar-refractivity contribution in [3.8, 4) is 5.75 Å². The van der Waals surface area contributed by atoms with E-state index in [2.05, 4.69) is 26.3 Å². The third-order valence-corrected chi connectivity index (χ3v) is 7.27. The van der Waals surface area contributed by atoms with E-state index in [0.717, 1.165) is 38.3 Å². The molecule has 14 nitrogen and oxygen atoms in total. The Morgan fingerprint density at radius 3 is 2.21 bits per heavy atom. The van der Waals surface area contributed by atoms with Crippen LogP contribution in [0.5, 0.6) is 5.75 Å². The highest BCUT2D eigenvalue weighted by atomic mass is 16.5. The summed E-state index contributed by atoms with van der Waals surface area (Å²) in [5.41, 5.74) is 4.06. The van der Waals surface area contributed by atoms with Crippen molar-refractivity contribution in [3.63, 3.8) is 0 Å². The number of amides is 3. The van der Waals surface area contributed by atoms with Gasteiger partial charge in [0.2, 0.25) is 0 Å². The summed E-state index contributed by atoms with van der Waals surface area (Å²) in [5.74, 6) is -1.11. The molecular weight excluding hydrogens is 670 g/mol. The van der Waals surface area contributed by atoms with Crippen molar-refractivity contribution < 1.29 is 44.3 Å². The van der Waals surface area contributed by atoms with Crippen LogP contribution in [-0.2, 0) is 27.5 Å². The lowest BCUT2D eigenvalue weighted by Crippen LogP contribution is -2.22. The number of aromatic nitrogens is 1. The summed E-state index contributed by atoms with van der Waals surface area (Å²) in [5, 5.41) is 48.3. The van der Waals surface area contributed by atoms with E-state index in [4.69, 9.17) is 19.4 Å². The normalized spacial score (nSPS) is 11.1. The maximum atomic E-state index is 12.6. The number of nitrogens with one attached hydrogen (secondary N) is 4. The summed E-state index contributed by atoms with van der Waals surface area (Å²) in [6, 6.07) is 21.9. The Hall–Kier alpha value is -5.38. The smallest absolute Gasteiger partial charge is 0.323 e. The number of nitrogens with zero attached hydrogens (tertiary/aromatic N) is 1. The second kappa shape index (κ2) is 23.2. The maximum Gasteiger partial charge on any atom is 0.323 e. The number of aliphatic carboxylic acids is 1. The first kappa shape index (κ1) is 41.0. The predicted molar refractivity (Wildman–Crippen MR) is 197 cm³/mol. The lowest BCUT2D eigenvalue weighted by Gasteiger charge is -2.14. The van der Waals surface area contributed by atoms with Crippen molar-refractivity contribution >= 4 is 35.0 Å². The molecule has 0 aliphatic rings. The van der Waals surface area contributed by atoms with Gasteiger partial charge in [0.25, 0.3) is 11.9 Å². The summed E-state index contributed by atoms with van der Waals surface area (Å²) < 4.78 is 11.4. The monoisotopic (exact) mass is 717 g/mol. The van der Waals surface area contributed by atoms with Gasteiger partial charge in [-0.3, -0.25) is 14.6 Å². The van der Waals surface area contributed by atoms with Crippen molar-refractivity contribution in [2.45, 2.75) is 45.5 Å². The van der Waals surface area contributed by atoms with E-state index in [1.807, 2.05) is 18.2 Å². The summed E-state index contributed by atoms with van der Waals surface area (Å²) in [7, 11) is 0. The number of carboxylic acids is 1. The second-order valence-corrected chi connectivity index (χ2v) is 11.6. The molecule has 0 fully saturated rings. The number of hydrogen-bond donors (Lipinski definition) is 8. The second-order valence-electron chi connectivity index (χ2n) is 11.6. The molecule has 8 N–H and O–H groups in total. The highest BCUT2D eigenvalue weighted by Crippen LogP contribution is 2.22. The lowest BCUT2D eigenvalue weighted by molar-refractivity contribution is -0.134. The molecule has 4 aromatic rings. The van der Waals surface area contributed by atoms with E-state index in [-0.39, 0.29) is 18.3 Å². The van der Waals surface area contributed by atoms with Crippen LogP contribution in [0.3, 0.4) is 0 Å². The molecule has 3 aromatic carbocycles. The summed E-state index contributed by atoms with van der Waals surface area (Å²) in [6.07, 6.45) is 5.22. The van der Waals surface area contributed by atoms with Gasteiger partial charge in [0, 0.05) is 55.1 Å². The zero-order chi connectivity index (χ0) is 37.6. The average molecular weight is 718 g/mol. The quantitative estimate of drug-likeness (QED) is 0.0584. The maximum absolute atomic E-state index is 12.6. The number of rotatable bonds is 19. The molecule has 0 spiro atoms. The number of pyridine rings is 1. The Morgan fingerprint density at radius 2 is 1.50 bits per heavy atom. The number of unbranched alkanes of at least 4 members (excludes halogenated alkanes) is 2. The molecule has 278 valence electrons. The number of aliphatic hydroxyl groups is 2. The fraction of sp³-hybridized carbons (Fsp3) is 0.316. The van der Waals surface area contributed by atoms with Crippen LogP contribution in [0.2, 0.25) is 0 Å². The Balaban J connectivity index is 0.00000173. The number of carbonyl (C=O) groups excluding carboxylic acids is 2. The molecule has 1 aromatic heterocycles. The van der Waals surface area contributed by atoms with Gasteiger partial charge in [-0.15, -0.1) is 0 Å². The number of ether oxygens (including phenoxy) is 2. The van der Waals surface area contributed by atoms with E-state index in [0.29, 0.717) is 66.7 Å². The van der Waals surface area contributed by atoms with Crippen LogP contribution in [-0.4, -0.2) is 76.2 Å². The third kappa shape index (κ3) is 16.1. The van der Waals surface area contributed by atoms with Crippen LogP contribution in [0.4, 0.5) is 21.9 Å². The van der Waals surface area contributed by atoms with E-state index >= 15 is 0 Å². The molecular formula is C38H47N5O9. The predicted octanol–water partition coefficient (Wildman–Crippen LogP) is 5.29. The van der Waals surface area contributed by atoms with Gasteiger partial charge in [-0.05, 0) is 91.5 Å². The van der Waals surface area contributed by atoms with Crippen molar-refractivity contribution in [3.05, 3.63) is 114 Å². The van der Waals surface area contributed by atoms with Gasteiger partial charge in [0.15, 0.2) is 0 Å². The molecule has 4 rings (SSSR count). The SMILES string of the molecule is CC(=O)O.O=C(Nc1cccc(COCCOCCCCCNC[C@H](O)c2ccc(O)c(CO)c2)c1)Nc1cccc(NC(=O)c2cccnc2)c1. The number of anilines is 3. The van der Waals surface area contributed by atoms with Gasteiger partial charge in [0.1, 0.15) is 5.75 Å². The molecule has 0 aliphatic carbocycles. The fourth-order valence-corrected chi connectivity index (χ4v) is 4.74. The highest BCUT2D eigenvalue weighted by Gasteiger charge is 2.11. The zero-order valence-electron chi connectivity index (χ0n) is 29.1. The van der Waals surface area contributed by atoms with E-state index in [9.17, 15) is 24.9 Å². The van der Waals surface area contributed by atoms with Crippen LogP contribution >= 0.6 is 0 Å². The number of urea groups is 1. The first-order chi connectivity index (χ1) is 25.1. The Labute approximate surface area is 302 Å². The number of hydrogen-bond acceptors (Lipinski definition) is 10. The van der Waals surface area contributed by atoms with Gasteiger partial charge >= 0.3 is 6.03 Å². The van der Waals surface area contributed by atoms with Crippen molar-refractivity contribution in [1.82, 2.24) is 10.3 Å². The van der Waals surface area contributed by atoms with Crippen LogP contribution in [0, 0.1) is 0 Å². The number of aliphatic hydroxyl groups excluding tert-OH is 2. The topological polar surface area (TPSA) is 212 Å². The molecule has 52 heavy (non-hydrogen) atoms. The number of phenols is 1. The van der Waals surface area contributed by atoms with Gasteiger partial charge in [-0.25, -0.2) is 4.79 Å². The van der Waals surface area contributed by atoms with Gasteiger partial charge < -0.3 is 51.2 Å². The minimum atomic E-state index is -0.833. The zero-order valence-corrected chi connectivity index (χ0v) is 29.1. The van der Waals surface area contributed by atoms with Crippen LogP contribution in [0.15, 0.2) is 91.3 Å². The fourth-order valence-electron chi connectivity index (χ4n) is 4.74. The first-order valence-electron chi connectivity index (χ1n) is 16.8. The summed E-state index contributed by atoms with van der Waals surface area (Å²) >= 11 is 0. The van der Waals surface area contributed by atoms with Crippen molar-refractivity contribution in [1.29, 1.82) is 0 Å². The molecule has 0 bridgehead atoms. The highest BCUT2D eigenvalue weighted by molar-refractivity contribution is 6.05.